The molecule has 100 valence electrons. The Kier molecular flexibility index (Phi) is 5.51. The summed E-state index contributed by atoms with van der Waals surface area (Å²) in [6.45, 7) is 4.43. The highest BCUT2D eigenvalue weighted by Crippen LogP contribution is 2.10. The number of hydrogen-bond donors (Lipinski definition) is 1. The van der Waals surface area contributed by atoms with E-state index in [1.807, 2.05) is 6.92 Å². The van der Waals surface area contributed by atoms with Gasteiger partial charge < -0.3 is 14.8 Å². The number of esters is 1. The first-order valence-electron chi connectivity index (χ1n) is 5.80. The van der Waals surface area contributed by atoms with E-state index in [1.165, 1.54) is 7.11 Å². The van der Waals surface area contributed by atoms with E-state index in [-0.39, 0.29) is 11.9 Å². The molecule has 0 bridgehead atoms. The molecule has 6 nitrogen and oxygen atoms in total. The van der Waals surface area contributed by atoms with Gasteiger partial charge in [-0.25, -0.2) is 14.8 Å². The summed E-state index contributed by atoms with van der Waals surface area (Å²) in [5.41, 5.74) is 0.708. The molecule has 1 aromatic heterocycles. The number of rotatable bonds is 6. The first-order chi connectivity index (χ1) is 8.60. The molecule has 0 fully saturated rings. The monoisotopic (exact) mass is 253 g/mol. The number of methoxy groups -OCH3 is 2. The summed E-state index contributed by atoms with van der Waals surface area (Å²) in [5, 5.41) is 3.21. The highest BCUT2D eigenvalue weighted by Gasteiger charge is 2.13. The molecule has 0 radical (unpaired) electrons. The number of hydrogen-bond acceptors (Lipinski definition) is 6. The van der Waals surface area contributed by atoms with E-state index in [1.54, 1.807) is 20.1 Å². The van der Waals surface area contributed by atoms with Crippen LogP contribution in [0.25, 0.3) is 0 Å². The lowest BCUT2D eigenvalue weighted by Crippen LogP contribution is -2.25. The standard InChI is InChI=1S/C12H19N3O3/c1-5-9(7-17-3)14-10-6-8(2)13-11(15-10)12(16)18-4/h6,9H,5,7H2,1-4H3,(H,13,14,15). The summed E-state index contributed by atoms with van der Waals surface area (Å²) < 4.78 is 9.71. The molecule has 0 amide bonds. The normalized spacial score (nSPS) is 12.0. The van der Waals surface area contributed by atoms with Crippen molar-refractivity contribution < 1.29 is 14.3 Å². The summed E-state index contributed by atoms with van der Waals surface area (Å²) in [6, 6.07) is 1.93. The molecular weight excluding hydrogens is 234 g/mol. The molecule has 1 rings (SSSR count). The molecule has 1 heterocycles. The number of aryl methyl sites for hydroxylation is 1. The minimum Gasteiger partial charge on any atom is -0.463 e. The lowest BCUT2D eigenvalue weighted by molar-refractivity contribution is 0.0586. The Morgan fingerprint density at radius 2 is 2.17 bits per heavy atom. The van der Waals surface area contributed by atoms with Crippen LogP contribution < -0.4 is 5.32 Å². The maximum atomic E-state index is 11.4. The first kappa shape index (κ1) is 14.4. The number of carbonyl (C=O) groups excluding carboxylic acids is 1. The molecule has 0 spiro atoms. The zero-order chi connectivity index (χ0) is 13.5. The van der Waals surface area contributed by atoms with Gasteiger partial charge in [0.2, 0.25) is 5.82 Å². The maximum Gasteiger partial charge on any atom is 0.376 e. The minimum absolute atomic E-state index is 0.0623. The van der Waals surface area contributed by atoms with Crippen LogP contribution in [0, 0.1) is 6.92 Å². The van der Waals surface area contributed by atoms with E-state index >= 15 is 0 Å². The van der Waals surface area contributed by atoms with Crippen LogP contribution in [0.5, 0.6) is 0 Å². The van der Waals surface area contributed by atoms with Crippen molar-refractivity contribution in [3.63, 3.8) is 0 Å². The van der Waals surface area contributed by atoms with Gasteiger partial charge in [-0.2, -0.15) is 0 Å². The van der Waals surface area contributed by atoms with Crippen LogP contribution in [-0.4, -0.2) is 42.8 Å². The van der Waals surface area contributed by atoms with Crippen molar-refractivity contribution in [1.82, 2.24) is 9.97 Å². The molecule has 18 heavy (non-hydrogen) atoms. The largest absolute Gasteiger partial charge is 0.463 e. The Morgan fingerprint density at radius 3 is 2.72 bits per heavy atom. The lowest BCUT2D eigenvalue weighted by atomic mass is 10.2. The van der Waals surface area contributed by atoms with Crippen molar-refractivity contribution in [2.45, 2.75) is 26.3 Å². The van der Waals surface area contributed by atoms with Crippen molar-refractivity contribution in [2.24, 2.45) is 0 Å². The summed E-state index contributed by atoms with van der Waals surface area (Å²) in [6.07, 6.45) is 0.893. The van der Waals surface area contributed by atoms with E-state index in [0.717, 1.165) is 6.42 Å². The van der Waals surface area contributed by atoms with Crippen LogP contribution in [0.2, 0.25) is 0 Å². The van der Waals surface area contributed by atoms with Crippen molar-refractivity contribution in [1.29, 1.82) is 0 Å². The molecule has 0 aliphatic rings. The average molecular weight is 253 g/mol. The molecule has 0 saturated carbocycles. The number of anilines is 1. The predicted octanol–water partition coefficient (Wildman–Crippen LogP) is 1.41. The maximum absolute atomic E-state index is 11.4. The van der Waals surface area contributed by atoms with E-state index < -0.39 is 5.97 Å². The fourth-order valence-corrected chi connectivity index (χ4v) is 1.50. The van der Waals surface area contributed by atoms with Gasteiger partial charge in [-0.3, -0.25) is 0 Å². The van der Waals surface area contributed by atoms with E-state index in [2.05, 4.69) is 20.0 Å². The fourth-order valence-electron chi connectivity index (χ4n) is 1.50. The molecule has 0 aliphatic carbocycles. The second-order valence-corrected chi connectivity index (χ2v) is 3.91. The quantitative estimate of drug-likeness (QED) is 0.773. The van der Waals surface area contributed by atoms with E-state index in [9.17, 15) is 4.79 Å². The van der Waals surface area contributed by atoms with Crippen molar-refractivity contribution >= 4 is 11.8 Å². The van der Waals surface area contributed by atoms with Gasteiger partial charge in [0.05, 0.1) is 19.8 Å². The highest BCUT2D eigenvalue weighted by molar-refractivity contribution is 5.85. The third-order valence-electron chi connectivity index (χ3n) is 2.43. The summed E-state index contributed by atoms with van der Waals surface area (Å²) in [5.74, 6) is 0.126. The van der Waals surface area contributed by atoms with Gasteiger partial charge in [0.1, 0.15) is 5.82 Å². The Labute approximate surface area is 107 Å². The second-order valence-electron chi connectivity index (χ2n) is 3.91. The minimum atomic E-state index is -0.540. The number of nitrogens with zero attached hydrogens (tertiary/aromatic N) is 2. The Bertz CT molecular complexity index is 410. The zero-order valence-corrected chi connectivity index (χ0v) is 11.2. The van der Waals surface area contributed by atoms with Crippen LogP contribution in [0.1, 0.15) is 29.7 Å². The number of nitrogens with one attached hydrogen (secondary N) is 1. The topological polar surface area (TPSA) is 73.3 Å². The Hall–Kier alpha value is -1.69. The van der Waals surface area contributed by atoms with Crippen LogP contribution >= 0.6 is 0 Å². The molecule has 6 heteroatoms. The van der Waals surface area contributed by atoms with Crippen LogP contribution in [0.15, 0.2) is 6.07 Å². The van der Waals surface area contributed by atoms with Gasteiger partial charge in [-0.05, 0) is 13.3 Å². The lowest BCUT2D eigenvalue weighted by Gasteiger charge is -2.16. The molecule has 1 unspecified atom stereocenters. The second kappa shape index (κ2) is 6.90. The molecule has 0 aromatic carbocycles. The summed E-state index contributed by atoms with van der Waals surface area (Å²) in [4.78, 5) is 19.5. The smallest absolute Gasteiger partial charge is 0.376 e. The molecular formula is C12H19N3O3. The van der Waals surface area contributed by atoms with Gasteiger partial charge in [-0.1, -0.05) is 6.92 Å². The predicted molar refractivity (Wildman–Crippen MR) is 67.7 cm³/mol. The van der Waals surface area contributed by atoms with Gasteiger partial charge in [0, 0.05) is 18.9 Å². The zero-order valence-electron chi connectivity index (χ0n) is 11.2. The van der Waals surface area contributed by atoms with Gasteiger partial charge in [0.25, 0.3) is 0 Å². The Morgan fingerprint density at radius 1 is 1.44 bits per heavy atom. The molecule has 1 atom stereocenters. The van der Waals surface area contributed by atoms with Crippen LogP contribution in [0.3, 0.4) is 0 Å². The third kappa shape index (κ3) is 3.96. The number of aromatic nitrogens is 2. The first-order valence-corrected chi connectivity index (χ1v) is 5.80. The molecule has 1 N–H and O–H groups in total. The fraction of sp³-hybridized carbons (Fsp3) is 0.583. The van der Waals surface area contributed by atoms with Crippen molar-refractivity contribution in [3.05, 3.63) is 17.6 Å². The molecule has 0 aliphatic heterocycles. The van der Waals surface area contributed by atoms with E-state index in [4.69, 9.17) is 4.74 Å². The summed E-state index contributed by atoms with van der Waals surface area (Å²) in [7, 11) is 2.95. The van der Waals surface area contributed by atoms with Gasteiger partial charge in [0.15, 0.2) is 0 Å². The molecule has 1 aromatic rings. The number of ether oxygens (including phenoxy) is 2. The number of carbonyl (C=O) groups is 1. The van der Waals surface area contributed by atoms with E-state index in [0.29, 0.717) is 18.1 Å². The van der Waals surface area contributed by atoms with Gasteiger partial charge in [-0.15, -0.1) is 0 Å². The molecule has 0 saturated heterocycles. The average Bonchev–Trinajstić information content (AvgIpc) is 2.36. The van der Waals surface area contributed by atoms with Crippen LogP contribution in [-0.2, 0) is 9.47 Å². The Balaban J connectivity index is 2.88. The van der Waals surface area contributed by atoms with Crippen molar-refractivity contribution in [3.8, 4) is 0 Å². The highest BCUT2D eigenvalue weighted by atomic mass is 16.5. The SMILES string of the molecule is CCC(COC)Nc1cc(C)nc(C(=O)OC)n1. The summed E-state index contributed by atoms with van der Waals surface area (Å²) >= 11 is 0. The van der Waals surface area contributed by atoms with Crippen molar-refractivity contribution in [2.75, 3.05) is 26.1 Å². The third-order valence-corrected chi connectivity index (χ3v) is 2.43. The van der Waals surface area contributed by atoms with Gasteiger partial charge >= 0.3 is 5.97 Å². The van der Waals surface area contributed by atoms with Crippen LogP contribution in [0.4, 0.5) is 5.82 Å².